The Bertz CT molecular complexity index is 587. The van der Waals surface area contributed by atoms with Gasteiger partial charge >= 0.3 is 11.9 Å². The molecule has 2 rings (SSSR count). The average molecular weight is 258 g/mol. The van der Waals surface area contributed by atoms with Crippen LogP contribution in [0, 0.1) is 0 Å². The average Bonchev–Trinajstić information content (AvgIpc) is 2.39. The van der Waals surface area contributed by atoms with Gasteiger partial charge in [0.25, 0.3) is 0 Å². The highest BCUT2D eigenvalue weighted by Crippen LogP contribution is 2.24. The van der Waals surface area contributed by atoms with E-state index in [0.29, 0.717) is 5.75 Å². The molecule has 96 valence electrons. The van der Waals surface area contributed by atoms with Crippen molar-refractivity contribution in [3.8, 4) is 11.5 Å². The van der Waals surface area contributed by atoms with Crippen LogP contribution in [0.2, 0.25) is 0 Å². The van der Waals surface area contributed by atoms with Crippen molar-refractivity contribution in [2.75, 3.05) is 0 Å². The summed E-state index contributed by atoms with van der Waals surface area (Å²) in [5, 5.41) is 17.9. The molecule has 19 heavy (non-hydrogen) atoms. The van der Waals surface area contributed by atoms with Crippen molar-refractivity contribution in [1.82, 2.24) is 0 Å². The maximum absolute atomic E-state index is 10.9. The van der Waals surface area contributed by atoms with E-state index >= 15 is 0 Å². The van der Waals surface area contributed by atoms with E-state index in [4.69, 9.17) is 14.9 Å². The monoisotopic (exact) mass is 258 g/mol. The van der Waals surface area contributed by atoms with Crippen molar-refractivity contribution in [3.63, 3.8) is 0 Å². The fraction of sp³-hybridized carbons (Fsp3) is 0. The highest BCUT2D eigenvalue weighted by Gasteiger charge is 2.12. The quantitative estimate of drug-likeness (QED) is 0.880. The number of hydrogen-bond donors (Lipinski definition) is 2. The number of rotatable bonds is 4. The van der Waals surface area contributed by atoms with Crippen LogP contribution < -0.4 is 4.74 Å². The molecular weight excluding hydrogens is 248 g/mol. The predicted molar refractivity (Wildman–Crippen MR) is 66.9 cm³/mol. The Labute approximate surface area is 108 Å². The fourth-order valence-corrected chi connectivity index (χ4v) is 1.53. The van der Waals surface area contributed by atoms with Crippen molar-refractivity contribution in [2.24, 2.45) is 0 Å². The number of carboxylic acid groups (broad SMARTS) is 2. The lowest BCUT2D eigenvalue weighted by Crippen LogP contribution is -2.03. The molecule has 0 spiro atoms. The second kappa shape index (κ2) is 5.22. The van der Waals surface area contributed by atoms with Gasteiger partial charge in [-0.3, -0.25) is 0 Å². The Morgan fingerprint density at radius 2 is 1.32 bits per heavy atom. The van der Waals surface area contributed by atoms with Gasteiger partial charge in [0.15, 0.2) is 0 Å². The van der Waals surface area contributed by atoms with Crippen LogP contribution >= 0.6 is 0 Å². The maximum atomic E-state index is 10.9. The molecular formula is C14H10O5. The predicted octanol–water partition coefficient (Wildman–Crippen LogP) is 2.88. The van der Waals surface area contributed by atoms with Crippen LogP contribution in [-0.4, -0.2) is 22.2 Å². The molecule has 0 radical (unpaired) electrons. The van der Waals surface area contributed by atoms with E-state index in [1.54, 1.807) is 24.3 Å². The summed E-state index contributed by atoms with van der Waals surface area (Å²) in [6.07, 6.45) is 0. The zero-order valence-electron chi connectivity index (χ0n) is 9.74. The van der Waals surface area contributed by atoms with Gasteiger partial charge in [0.05, 0.1) is 11.1 Å². The normalized spacial score (nSPS) is 9.89. The topological polar surface area (TPSA) is 83.8 Å². The van der Waals surface area contributed by atoms with Crippen molar-refractivity contribution < 1.29 is 24.5 Å². The molecule has 2 N–H and O–H groups in total. The van der Waals surface area contributed by atoms with E-state index in [-0.39, 0.29) is 16.9 Å². The van der Waals surface area contributed by atoms with Crippen molar-refractivity contribution in [3.05, 3.63) is 59.7 Å². The minimum absolute atomic E-state index is 0.133. The summed E-state index contributed by atoms with van der Waals surface area (Å²) in [6, 6.07) is 12.3. The number of para-hydroxylation sites is 1. The third kappa shape index (κ3) is 3.10. The molecule has 0 atom stereocenters. The number of ether oxygens (including phenoxy) is 1. The number of benzene rings is 2. The molecule has 0 fully saturated rings. The highest BCUT2D eigenvalue weighted by molar-refractivity contribution is 5.94. The molecule has 0 bridgehead atoms. The molecule has 5 nitrogen and oxygen atoms in total. The minimum Gasteiger partial charge on any atom is -0.478 e. The first kappa shape index (κ1) is 12.6. The fourth-order valence-electron chi connectivity index (χ4n) is 1.53. The third-order valence-corrected chi connectivity index (χ3v) is 2.38. The molecule has 5 heteroatoms. The van der Waals surface area contributed by atoms with Crippen LogP contribution in [0.4, 0.5) is 0 Å². The van der Waals surface area contributed by atoms with E-state index in [2.05, 4.69) is 0 Å². The van der Waals surface area contributed by atoms with E-state index in [9.17, 15) is 9.59 Å². The summed E-state index contributed by atoms with van der Waals surface area (Å²) in [4.78, 5) is 21.9. The Balaban J connectivity index is 2.39. The lowest BCUT2D eigenvalue weighted by molar-refractivity contribution is 0.0696. The number of carbonyl (C=O) groups is 2. The van der Waals surface area contributed by atoms with Gasteiger partial charge in [-0.15, -0.1) is 0 Å². The summed E-state index contributed by atoms with van der Waals surface area (Å²) in [5.41, 5.74) is -0.267. The SMILES string of the molecule is O=C(O)c1cc(Oc2ccccc2)cc(C(=O)O)c1. The van der Waals surface area contributed by atoms with Crippen molar-refractivity contribution in [2.45, 2.75) is 0 Å². The molecule has 0 unspecified atom stereocenters. The van der Waals surface area contributed by atoms with Gasteiger partial charge in [-0.2, -0.15) is 0 Å². The van der Waals surface area contributed by atoms with Gasteiger partial charge in [0.1, 0.15) is 11.5 Å². The lowest BCUT2D eigenvalue weighted by Gasteiger charge is -2.07. The first-order valence-corrected chi connectivity index (χ1v) is 5.41. The molecule has 0 aliphatic carbocycles. The standard InChI is InChI=1S/C14H10O5/c15-13(16)9-6-10(14(17)18)8-12(7-9)19-11-4-2-1-3-5-11/h1-8H,(H,15,16)(H,17,18). The highest BCUT2D eigenvalue weighted by atomic mass is 16.5. The molecule has 0 aliphatic heterocycles. The molecule has 2 aromatic carbocycles. The van der Waals surface area contributed by atoms with Crippen molar-refractivity contribution >= 4 is 11.9 Å². The Hall–Kier alpha value is -2.82. The third-order valence-electron chi connectivity index (χ3n) is 2.38. The second-order valence-corrected chi connectivity index (χ2v) is 3.77. The van der Waals surface area contributed by atoms with Gasteiger partial charge in [-0.25, -0.2) is 9.59 Å². The second-order valence-electron chi connectivity index (χ2n) is 3.77. The summed E-state index contributed by atoms with van der Waals surface area (Å²) in [6.45, 7) is 0. The maximum Gasteiger partial charge on any atom is 0.335 e. The molecule has 0 aliphatic rings. The largest absolute Gasteiger partial charge is 0.478 e. The first-order valence-electron chi connectivity index (χ1n) is 5.41. The summed E-state index contributed by atoms with van der Waals surface area (Å²) in [7, 11) is 0. The molecule has 2 aromatic rings. The van der Waals surface area contributed by atoms with Crippen LogP contribution in [0.5, 0.6) is 11.5 Å². The van der Waals surface area contributed by atoms with Gasteiger partial charge in [-0.1, -0.05) is 18.2 Å². The molecule has 0 amide bonds. The Morgan fingerprint density at radius 1 is 0.789 bits per heavy atom. The molecule has 0 heterocycles. The smallest absolute Gasteiger partial charge is 0.335 e. The van der Waals surface area contributed by atoms with Gasteiger partial charge in [-0.05, 0) is 30.3 Å². The van der Waals surface area contributed by atoms with E-state index < -0.39 is 11.9 Å². The number of aromatic carboxylic acids is 2. The van der Waals surface area contributed by atoms with E-state index in [0.717, 1.165) is 6.07 Å². The minimum atomic E-state index is -1.21. The molecule has 0 saturated heterocycles. The van der Waals surface area contributed by atoms with Crippen LogP contribution in [0.1, 0.15) is 20.7 Å². The number of carboxylic acids is 2. The Kier molecular flexibility index (Phi) is 3.47. The molecule has 0 saturated carbocycles. The van der Waals surface area contributed by atoms with Crippen LogP contribution in [0.15, 0.2) is 48.5 Å². The molecule has 0 aromatic heterocycles. The first-order chi connectivity index (χ1) is 9.06. The van der Waals surface area contributed by atoms with Crippen LogP contribution in [0.3, 0.4) is 0 Å². The zero-order chi connectivity index (χ0) is 13.8. The van der Waals surface area contributed by atoms with Crippen LogP contribution in [0.25, 0.3) is 0 Å². The van der Waals surface area contributed by atoms with Gasteiger partial charge < -0.3 is 14.9 Å². The van der Waals surface area contributed by atoms with Crippen LogP contribution in [-0.2, 0) is 0 Å². The van der Waals surface area contributed by atoms with Crippen molar-refractivity contribution in [1.29, 1.82) is 0 Å². The summed E-state index contributed by atoms with van der Waals surface area (Å²) < 4.78 is 5.43. The summed E-state index contributed by atoms with van der Waals surface area (Å²) in [5.74, 6) is -1.74. The summed E-state index contributed by atoms with van der Waals surface area (Å²) >= 11 is 0. The van der Waals surface area contributed by atoms with Gasteiger partial charge in [0, 0.05) is 0 Å². The number of hydrogen-bond acceptors (Lipinski definition) is 3. The van der Waals surface area contributed by atoms with E-state index in [1.807, 2.05) is 6.07 Å². The lowest BCUT2D eigenvalue weighted by atomic mass is 10.1. The van der Waals surface area contributed by atoms with Gasteiger partial charge in [0.2, 0.25) is 0 Å². The zero-order valence-corrected chi connectivity index (χ0v) is 9.74. The van der Waals surface area contributed by atoms with E-state index in [1.165, 1.54) is 12.1 Å². The Morgan fingerprint density at radius 3 is 1.79 bits per heavy atom.